The van der Waals surface area contributed by atoms with E-state index in [-0.39, 0.29) is 0 Å². The second-order valence-electron chi connectivity index (χ2n) is 1.19. The minimum Gasteiger partial charge on any atom is -0.382 e. The fourth-order valence-corrected chi connectivity index (χ4v) is 0.204. The summed E-state index contributed by atoms with van der Waals surface area (Å²) in [6.07, 6.45) is 1.75. The van der Waals surface area contributed by atoms with Crippen molar-refractivity contribution in [2.24, 2.45) is 0 Å². The van der Waals surface area contributed by atoms with Gasteiger partial charge in [-0.05, 0) is 20.8 Å². The average Bonchev–Trinajstić information content (AvgIpc) is 1.96. The Bertz CT molecular complexity index is 40.0. The molecule has 0 aliphatic carbocycles. The van der Waals surface area contributed by atoms with Crippen LogP contribution < -0.4 is 0 Å². The summed E-state index contributed by atoms with van der Waals surface area (Å²) in [5.74, 6) is 0. The summed E-state index contributed by atoms with van der Waals surface area (Å²) < 4.78 is 4.83. The van der Waals surface area contributed by atoms with Crippen LogP contribution in [0.5, 0.6) is 0 Å². The second-order valence-corrected chi connectivity index (χ2v) is 1.19. The minimum absolute atomic E-state index is 0.844. The van der Waals surface area contributed by atoms with E-state index in [0.29, 0.717) is 0 Å². The average molecular weight is 144 g/mol. The van der Waals surface area contributed by atoms with E-state index in [1.807, 2.05) is 20.8 Å². The summed E-state index contributed by atoms with van der Waals surface area (Å²) in [5.41, 5.74) is 0. The highest BCUT2D eigenvalue weighted by Gasteiger charge is 1.64. The molecular weight excluding hydrogens is 124 g/mol. The highest BCUT2D eigenvalue weighted by molar-refractivity contribution is 4.51. The lowest BCUT2D eigenvalue weighted by molar-refractivity contribution is 0.162. The molecule has 0 aromatic heterocycles. The van der Waals surface area contributed by atoms with Gasteiger partial charge in [0.25, 0.3) is 0 Å². The summed E-state index contributed by atoms with van der Waals surface area (Å²) in [5, 5.41) is 0. The third kappa shape index (κ3) is 149. The molecule has 0 N–H and O–H groups in total. The van der Waals surface area contributed by atoms with Crippen molar-refractivity contribution in [2.45, 2.75) is 20.8 Å². The standard InChI is InChI=1S/C4H10O.C3H6.C2H4/c1-3-5-4-2;1-3-2;1-2/h3-4H2,1-2H3;3H,1H2,2H3;1-2H2. The quantitative estimate of drug-likeness (QED) is 0.541. The van der Waals surface area contributed by atoms with Gasteiger partial charge in [-0.25, -0.2) is 0 Å². The van der Waals surface area contributed by atoms with Crippen LogP contribution in [0.4, 0.5) is 0 Å². The molecule has 0 fully saturated rings. The van der Waals surface area contributed by atoms with Crippen molar-refractivity contribution in [3.63, 3.8) is 0 Å². The van der Waals surface area contributed by atoms with Gasteiger partial charge in [-0.2, -0.15) is 0 Å². The van der Waals surface area contributed by atoms with Crippen LogP contribution in [-0.4, -0.2) is 13.2 Å². The largest absolute Gasteiger partial charge is 0.382 e. The van der Waals surface area contributed by atoms with Crippen LogP contribution in [0.25, 0.3) is 0 Å². The molecule has 10 heavy (non-hydrogen) atoms. The molecule has 0 spiro atoms. The molecule has 0 unspecified atom stereocenters. The van der Waals surface area contributed by atoms with Crippen molar-refractivity contribution in [3.05, 3.63) is 25.8 Å². The van der Waals surface area contributed by atoms with Gasteiger partial charge in [0.15, 0.2) is 0 Å². The molecule has 0 atom stereocenters. The summed E-state index contributed by atoms with van der Waals surface area (Å²) in [7, 11) is 0. The van der Waals surface area contributed by atoms with Crippen molar-refractivity contribution in [2.75, 3.05) is 13.2 Å². The smallest absolute Gasteiger partial charge is 0.0437 e. The molecule has 0 aromatic rings. The fourth-order valence-electron chi connectivity index (χ4n) is 0.204. The zero-order chi connectivity index (χ0) is 8.83. The summed E-state index contributed by atoms with van der Waals surface area (Å²) in [6, 6.07) is 0. The van der Waals surface area contributed by atoms with Crippen LogP contribution in [0.2, 0.25) is 0 Å². The molecule has 0 saturated carbocycles. The first kappa shape index (κ1) is 16.2. The molecule has 0 aliphatic heterocycles. The predicted molar refractivity (Wildman–Crippen MR) is 49.3 cm³/mol. The lowest BCUT2D eigenvalue weighted by atomic mass is 10.8. The monoisotopic (exact) mass is 144 g/mol. The first-order valence-electron chi connectivity index (χ1n) is 3.48. The Hall–Kier alpha value is -0.560. The van der Waals surface area contributed by atoms with Crippen LogP contribution in [0, 0.1) is 0 Å². The molecule has 1 heteroatoms. The van der Waals surface area contributed by atoms with Gasteiger partial charge in [0.2, 0.25) is 0 Å². The first-order valence-corrected chi connectivity index (χ1v) is 3.48. The Kier molecular flexibility index (Phi) is 64.0. The van der Waals surface area contributed by atoms with Gasteiger partial charge in [-0.3, -0.25) is 0 Å². The van der Waals surface area contributed by atoms with Gasteiger partial charge < -0.3 is 4.74 Å². The van der Waals surface area contributed by atoms with E-state index in [1.165, 1.54) is 0 Å². The van der Waals surface area contributed by atoms with Crippen LogP contribution in [-0.2, 0) is 4.74 Å². The topological polar surface area (TPSA) is 9.23 Å². The van der Waals surface area contributed by atoms with Gasteiger partial charge in [0.1, 0.15) is 0 Å². The number of rotatable bonds is 2. The van der Waals surface area contributed by atoms with Gasteiger partial charge in [-0.15, -0.1) is 19.7 Å². The van der Waals surface area contributed by atoms with Crippen molar-refractivity contribution < 1.29 is 4.74 Å². The van der Waals surface area contributed by atoms with Crippen LogP contribution in [0.15, 0.2) is 25.8 Å². The van der Waals surface area contributed by atoms with Gasteiger partial charge >= 0.3 is 0 Å². The van der Waals surface area contributed by atoms with E-state index in [2.05, 4.69) is 19.7 Å². The lowest BCUT2D eigenvalue weighted by Gasteiger charge is -1.86. The molecule has 0 amide bonds. The Labute approximate surface area is 65.4 Å². The fraction of sp³-hybridized carbons (Fsp3) is 0.556. The second kappa shape index (κ2) is 39.5. The van der Waals surface area contributed by atoms with E-state index in [0.717, 1.165) is 13.2 Å². The molecule has 62 valence electrons. The highest BCUT2D eigenvalue weighted by atomic mass is 16.5. The maximum absolute atomic E-state index is 4.83. The van der Waals surface area contributed by atoms with Gasteiger partial charge in [0, 0.05) is 13.2 Å². The van der Waals surface area contributed by atoms with Crippen LogP contribution >= 0.6 is 0 Å². The Morgan fingerprint density at radius 2 is 1.40 bits per heavy atom. The molecule has 0 bridgehead atoms. The number of allylic oxidation sites excluding steroid dienone is 1. The van der Waals surface area contributed by atoms with Crippen molar-refractivity contribution in [3.8, 4) is 0 Å². The molecule has 0 radical (unpaired) electrons. The van der Waals surface area contributed by atoms with E-state index >= 15 is 0 Å². The van der Waals surface area contributed by atoms with Gasteiger partial charge in [-0.1, -0.05) is 6.08 Å². The highest BCUT2D eigenvalue weighted by Crippen LogP contribution is 1.64. The minimum atomic E-state index is 0.844. The number of hydrogen-bond donors (Lipinski definition) is 0. The molecular formula is C9H20O. The normalized spacial score (nSPS) is 5.90. The SMILES string of the molecule is C=C.C=CC.CCOCC. The van der Waals surface area contributed by atoms with Crippen molar-refractivity contribution in [1.29, 1.82) is 0 Å². The molecule has 0 saturated heterocycles. The van der Waals surface area contributed by atoms with Crippen LogP contribution in [0.1, 0.15) is 20.8 Å². The van der Waals surface area contributed by atoms with Gasteiger partial charge in [0.05, 0.1) is 0 Å². The Morgan fingerprint density at radius 3 is 1.40 bits per heavy atom. The number of hydrogen-bond acceptors (Lipinski definition) is 1. The third-order valence-electron chi connectivity index (χ3n) is 0.408. The Balaban J connectivity index is -0.0000000847. The van der Waals surface area contributed by atoms with Crippen molar-refractivity contribution in [1.82, 2.24) is 0 Å². The zero-order valence-corrected chi connectivity index (χ0v) is 7.52. The molecule has 1 nitrogen and oxygen atoms in total. The maximum atomic E-state index is 4.83. The molecule has 0 aromatic carbocycles. The molecule has 0 heterocycles. The first-order chi connectivity index (χ1) is 4.83. The van der Waals surface area contributed by atoms with E-state index in [9.17, 15) is 0 Å². The molecule has 0 rings (SSSR count). The molecule has 0 aliphatic rings. The number of ether oxygens (including phenoxy) is 1. The summed E-state index contributed by atoms with van der Waals surface area (Å²) in [4.78, 5) is 0. The summed E-state index contributed by atoms with van der Waals surface area (Å²) >= 11 is 0. The summed E-state index contributed by atoms with van der Waals surface area (Å²) in [6.45, 7) is 16.9. The zero-order valence-electron chi connectivity index (χ0n) is 7.52. The Morgan fingerprint density at radius 1 is 1.20 bits per heavy atom. The van der Waals surface area contributed by atoms with E-state index < -0.39 is 0 Å². The third-order valence-corrected chi connectivity index (χ3v) is 0.408. The maximum Gasteiger partial charge on any atom is 0.0437 e. The lowest BCUT2D eigenvalue weighted by Crippen LogP contribution is -1.84. The van der Waals surface area contributed by atoms with E-state index in [1.54, 1.807) is 6.08 Å². The van der Waals surface area contributed by atoms with Crippen LogP contribution in [0.3, 0.4) is 0 Å². The predicted octanol–water partition coefficient (Wildman–Crippen LogP) is 3.04. The van der Waals surface area contributed by atoms with E-state index in [4.69, 9.17) is 4.74 Å². The van der Waals surface area contributed by atoms with Crippen molar-refractivity contribution >= 4 is 0 Å².